The number of thiocarbonyl (C=S) groups is 1. The minimum absolute atomic E-state index is 0.0736. The van der Waals surface area contributed by atoms with Gasteiger partial charge in [-0.3, -0.25) is 4.79 Å². The predicted octanol–water partition coefficient (Wildman–Crippen LogP) is 2.48. The predicted molar refractivity (Wildman–Crippen MR) is 79.2 cm³/mol. The molecule has 1 aliphatic carbocycles. The van der Waals surface area contributed by atoms with Crippen LogP contribution in [0.2, 0.25) is 0 Å². The quantitative estimate of drug-likeness (QED) is 0.838. The first kappa shape index (κ1) is 14.7. The number of methoxy groups -OCH3 is 1. The van der Waals surface area contributed by atoms with E-state index in [0.717, 1.165) is 0 Å². The largest absolute Gasteiger partial charge is 0.497 e. The van der Waals surface area contributed by atoms with Crippen molar-refractivity contribution in [1.82, 2.24) is 0 Å². The summed E-state index contributed by atoms with van der Waals surface area (Å²) in [5, 5.41) is 2.57. The van der Waals surface area contributed by atoms with Gasteiger partial charge >= 0.3 is 0 Å². The van der Waals surface area contributed by atoms with E-state index in [1.807, 2.05) is 6.92 Å². The third-order valence-electron chi connectivity index (χ3n) is 3.72. The number of ether oxygens (including phenoxy) is 1. The van der Waals surface area contributed by atoms with Crippen molar-refractivity contribution in [2.75, 3.05) is 12.4 Å². The summed E-state index contributed by atoms with van der Waals surface area (Å²) < 4.78 is 18.7. The van der Waals surface area contributed by atoms with E-state index in [-0.39, 0.29) is 16.6 Å². The summed E-state index contributed by atoms with van der Waals surface area (Å²) in [6.45, 7) is 2.02. The van der Waals surface area contributed by atoms with Gasteiger partial charge in [0, 0.05) is 6.07 Å². The Morgan fingerprint density at radius 2 is 2.20 bits per heavy atom. The number of halogens is 1. The number of hydrogen-bond donors (Lipinski definition) is 2. The summed E-state index contributed by atoms with van der Waals surface area (Å²) in [6.07, 6.45) is 1.19. The lowest BCUT2D eigenvalue weighted by atomic mass is 9.62. The van der Waals surface area contributed by atoms with Gasteiger partial charge in [-0.2, -0.15) is 0 Å². The van der Waals surface area contributed by atoms with Crippen molar-refractivity contribution in [3.63, 3.8) is 0 Å². The zero-order valence-electron chi connectivity index (χ0n) is 11.4. The maximum absolute atomic E-state index is 13.7. The summed E-state index contributed by atoms with van der Waals surface area (Å²) in [7, 11) is 1.48. The first-order valence-electron chi connectivity index (χ1n) is 6.34. The van der Waals surface area contributed by atoms with E-state index in [4.69, 9.17) is 22.7 Å². The molecule has 1 aromatic carbocycles. The maximum Gasteiger partial charge on any atom is 0.237 e. The molecule has 0 unspecified atom stereocenters. The average molecular weight is 296 g/mol. The van der Waals surface area contributed by atoms with Gasteiger partial charge in [0.15, 0.2) is 0 Å². The summed E-state index contributed by atoms with van der Waals surface area (Å²) in [4.78, 5) is 12.5. The normalized spacial score (nSPS) is 24.6. The van der Waals surface area contributed by atoms with Crippen LogP contribution in [0.4, 0.5) is 10.1 Å². The van der Waals surface area contributed by atoms with Crippen LogP contribution in [0.25, 0.3) is 0 Å². The Morgan fingerprint density at radius 3 is 2.70 bits per heavy atom. The number of anilines is 1. The second-order valence-corrected chi connectivity index (χ2v) is 5.70. The van der Waals surface area contributed by atoms with Crippen LogP contribution in [-0.4, -0.2) is 18.0 Å². The lowest BCUT2D eigenvalue weighted by Crippen LogP contribution is -2.53. The van der Waals surface area contributed by atoms with Crippen molar-refractivity contribution in [2.24, 2.45) is 17.1 Å². The lowest BCUT2D eigenvalue weighted by Gasteiger charge is -2.44. The van der Waals surface area contributed by atoms with Crippen molar-refractivity contribution in [1.29, 1.82) is 0 Å². The highest BCUT2D eigenvalue weighted by molar-refractivity contribution is 7.80. The molecule has 0 spiro atoms. The van der Waals surface area contributed by atoms with Crippen molar-refractivity contribution in [3.8, 4) is 5.75 Å². The molecule has 1 fully saturated rings. The first-order chi connectivity index (χ1) is 9.39. The van der Waals surface area contributed by atoms with Gasteiger partial charge < -0.3 is 15.8 Å². The number of amides is 1. The molecule has 1 aromatic rings. The molecule has 6 heteroatoms. The molecular formula is C14H17FN2O2S. The van der Waals surface area contributed by atoms with E-state index in [0.29, 0.717) is 24.5 Å². The Labute approximate surface area is 122 Å². The first-order valence-corrected chi connectivity index (χ1v) is 6.75. The Kier molecular flexibility index (Phi) is 3.94. The molecule has 0 heterocycles. The molecule has 4 nitrogen and oxygen atoms in total. The van der Waals surface area contributed by atoms with Crippen molar-refractivity contribution >= 4 is 28.8 Å². The molecule has 108 valence electrons. The molecule has 3 N–H and O–H groups in total. The van der Waals surface area contributed by atoms with Gasteiger partial charge in [0.25, 0.3) is 0 Å². The summed E-state index contributed by atoms with van der Waals surface area (Å²) in [5.74, 6) is -0.0228. The molecular weight excluding hydrogens is 279 g/mol. The molecule has 0 radical (unpaired) electrons. The third-order valence-corrected chi connectivity index (χ3v) is 4.11. The topological polar surface area (TPSA) is 64.3 Å². The minimum Gasteiger partial charge on any atom is -0.497 e. The van der Waals surface area contributed by atoms with E-state index >= 15 is 0 Å². The van der Waals surface area contributed by atoms with Gasteiger partial charge in [-0.25, -0.2) is 4.39 Å². The van der Waals surface area contributed by atoms with Crippen LogP contribution in [0.3, 0.4) is 0 Å². The number of nitrogens with one attached hydrogen (secondary N) is 1. The summed E-state index contributed by atoms with van der Waals surface area (Å²) >= 11 is 5.01. The summed E-state index contributed by atoms with van der Waals surface area (Å²) in [5.41, 5.74) is 4.91. The third kappa shape index (κ3) is 2.47. The monoisotopic (exact) mass is 296 g/mol. The van der Waals surface area contributed by atoms with Crippen LogP contribution in [0.5, 0.6) is 5.75 Å². The van der Waals surface area contributed by atoms with Crippen LogP contribution in [0.1, 0.15) is 19.8 Å². The molecule has 1 amide bonds. The van der Waals surface area contributed by atoms with Crippen LogP contribution < -0.4 is 15.8 Å². The molecule has 1 saturated carbocycles. The van der Waals surface area contributed by atoms with Crippen molar-refractivity contribution in [3.05, 3.63) is 24.0 Å². The standard InChI is InChI=1S/C14H17FN2O2S/c1-8-6-14(7-8,12(16)20)13(18)17-11-5-9(19-2)3-4-10(11)15/h3-5,8H,6-7H2,1-2H3,(H2,16,20)(H,17,18). The lowest BCUT2D eigenvalue weighted by molar-refractivity contribution is -0.127. The molecule has 1 aliphatic rings. The molecule has 20 heavy (non-hydrogen) atoms. The van der Waals surface area contributed by atoms with Gasteiger partial charge in [-0.15, -0.1) is 0 Å². The molecule has 0 aliphatic heterocycles. The average Bonchev–Trinajstić information content (AvgIpc) is 2.36. The zero-order valence-corrected chi connectivity index (χ0v) is 12.2. The molecule has 0 saturated heterocycles. The highest BCUT2D eigenvalue weighted by atomic mass is 32.1. The van der Waals surface area contributed by atoms with E-state index in [9.17, 15) is 9.18 Å². The second-order valence-electron chi connectivity index (χ2n) is 5.26. The van der Waals surface area contributed by atoms with E-state index in [1.54, 1.807) is 0 Å². The van der Waals surface area contributed by atoms with Gasteiger partial charge in [-0.05, 0) is 30.9 Å². The number of hydrogen-bond acceptors (Lipinski definition) is 3. The highest BCUT2D eigenvalue weighted by Crippen LogP contribution is 2.46. The highest BCUT2D eigenvalue weighted by Gasteiger charge is 2.51. The van der Waals surface area contributed by atoms with Crippen LogP contribution in [0, 0.1) is 17.2 Å². The van der Waals surface area contributed by atoms with Crippen LogP contribution >= 0.6 is 12.2 Å². The Hall–Kier alpha value is -1.69. The van der Waals surface area contributed by atoms with Gasteiger partial charge in [0.1, 0.15) is 11.6 Å². The number of rotatable bonds is 4. The Bertz CT molecular complexity index is 556. The van der Waals surface area contributed by atoms with E-state index < -0.39 is 11.2 Å². The number of carbonyl (C=O) groups is 1. The molecule has 0 atom stereocenters. The Morgan fingerprint density at radius 1 is 1.55 bits per heavy atom. The number of nitrogens with two attached hydrogens (primary N) is 1. The zero-order chi connectivity index (χ0) is 14.9. The van der Waals surface area contributed by atoms with E-state index in [2.05, 4.69) is 5.32 Å². The fourth-order valence-electron chi connectivity index (χ4n) is 2.60. The second kappa shape index (κ2) is 5.36. The van der Waals surface area contributed by atoms with Crippen LogP contribution in [0.15, 0.2) is 18.2 Å². The summed E-state index contributed by atoms with van der Waals surface area (Å²) in [6, 6.07) is 4.16. The minimum atomic E-state index is -0.857. The van der Waals surface area contributed by atoms with Gasteiger partial charge in [0.2, 0.25) is 5.91 Å². The van der Waals surface area contributed by atoms with Crippen molar-refractivity contribution < 1.29 is 13.9 Å². The SMILES string of the molecule is COc1ccc(F)c(NC(=O)C2(C(N)=S)CC(C)C2)c1. The number of benzene rings is 1. The molecule has 2 rings (SSSR count). The molecule has 0 bridgehead atoms. The smallest absolute Gasteiger partial charge is 0.237 e. The fourth-order valence-corrected chi connectivity index (χ4v) is 2.86. The number of carbonyl (C=O) groups excluding carboxylic acids is 1. The fraction of sp³-hybridized carbons (Fsp3) is 0.429. The van der Waals surface area contributed by atoms with Gasteiger partial charge in [-0.1, -0.05) is 19.1 Å². The van der Waals surface area contributed by atoms with E-state index in [1.165, 1.54) is 25.3 Å². The molecule has 0 aromatic heterocycles. The van der Waals surface area contributed by atoms with Crippen LogP contribution in [-0.2, 0) is 4.79 Å². The van der Waals surface area contributed by atoms with Gasteiger partial charge in [0.05, 0.1) is 23.2 Å². The Balaban J connectivity index is 2.21. The maximum atomic E-state index is 13.7. The van der Waals surface area contributed by atoms with Crippen molar-refractivity contribution in [2.45, 2.75) is 19.8 Å².